The van der Waals surface area contributed by atoms with Gasteiger partial charge in [-0.25, -0.2) is 15.0 Å². The molecule has 0 radical (unpaired) electrons. The minimum Gasteiger partial charge on any atom is -0.465 e. The molecule has 10 nitrogen and oxygen atoms in total. The Labute approximate surface area is 155 Å². The van der Waals surface area contributed by atoms with Crippen LogP contribution in [-0.4, -0.2) is 56.2 Å². The number of fused-ring (bicyclic) bond motifs is 2. The van der Waals surface area contributed by atoms with Crippen LogP contribution >= 0.6 is 0 Å². The number of nitrogen functional groups attached to an aromatic ring is 1. The highest BCUT2D eigenvalue weighted by Gasteiger charge is 2.56. The lowest BCUT2D eigenvalue weighted by atomic mass is 9.96. The largest absolute Gasteiger partial charge is 0.465 e. The first-order valence-corrected chi connectivity index (χ1v) is 9.04. The molecule has 0 bridgehead atoms. The molecule has 0 spiro atoms. The third-order valence-corrected chi connectivity index (χ3v) is 5.35. The average molecular weight is 375 g/mol. The fraction of sp³-hybridized carbons (Fsp3) is 0.647. The number of esters is 1. The minimum atomic E-state index is -0.740. The number of ether oxygens (including phenoxy) is 4. The Balaban J connectivity index is 1.48. The molecule has 0 aliphatic carbocycles. The zero-order valence-corrected chi connectivity index (χ0v) is 15.1. The van der Waals surface area contributed by atoms with E-state index in [1.165, 1.54) is 6.33 Å². The van der Waals surface area contributed by atoms with Gasteiger partial charge in [0.2, 0.25) is 0 Å². The van der Waals surface area contributed by atoms with Crippen LogP contribution in [0, 0.1) is 5.92 Å². The molecule has 27 heavy (non-hydrogen) atoms. The number of imidazole rings is 1. The van der Waals surface area contributed by atoms with E-state index >= 15 is 0 Å². The lowest BCUT2D eigenvalue weighted by molar-refractivity contribution is -0.198. The minimum absolute atomic E-state index is 0.176. The van der Waals surface area contributed by atoms with Crippen molar-refractivity contribution in [3.8, 4) is 0 Å². The van der Waals surface area contributed by atoms with Crippen LogP contribution in [0.15, 0.2) is 12.7 Å². The van der Waals surface area contributed by atoms with E-state index in [1.54, 1.807) is 10.9 Å². The molecule has 3 aliphatic rings. The first-order chi connectivity index (χ1) is 12.9. The van der Waals surface area contributed by atoms with E-state index in [0.717, 1.165) is 0 Å². The lowest BCUT2D eigenvalue weighted by Gasteiger charge is -2.25. The van der Waals surface area contributed by atoms with Gasteiger partial charge in [-0.3, -0.25) is 9.36 Å². The Morgan fingerprint density at radius 2 is 2.07 bits per heavy atom. The van der Waals surface area contributed by atoms with Crippen LogP contribution in [0.4, 0.5) is 5.82 Å². The van der Waals surface area contributed by atoms with Crippen molar-refractivity contribution in [1.82, 2.24) is 19.5 Å². The molecule has 2 aromatic heterocycles. The van der Waals surface area contributed by atoms with Crippen molar-refractivity contribution in [2.45, 2.75) is 57.0 Å². The normalized spacial score (nSPS) is 34.9. The Morgan fingerprint density at radius 1 is 1.26 bits per heavy atom. The second-order valence-electron chi connectivity index (χ2n) is 7.60. The highest BCUT2D eigenvalue weighted by atomic mass is 16.8. The molecule has 10 heteroatoms. The van der Waals surface area contributed by atoms with Crippen molar-refractivity contribution < 1.29 is 23.7 Å². The number of nitrogens with two attached hydrogens (primary N) is 1. The van der Waals surface area contributed by atoms with Crippen molar-refractivity contribution in [2.75, 3.05) is 12.3 Å². The van der Waals surface area contributed by atoms with Gasteiger partial charge < -0.3 is 24.7 Å². The second kappa shape index (κ2) is 5.85. The molecule has 2 N–H and O–H groups in total. The third kappa shape index (κ3) is 2.67. The molecule has 3 saturated heterocycles. The molecule has 144 valence electrons. The Hall–Kier alpha value is -2.30. The molecule has 5 heterocycles. The van der Waals surface area contributed by atoms with Gasteiger partial charge in [-0.05, 0) is 26.7 Å². The van der Waals surface area contributed by atoms with Crippen LogP contribution < -0.4 is 5.73 Å². The predicted molar refractivity (Wildman–Crippen MR) is 91.2 cm³/mol. The van der Waals surface area contributed by atoms with Crippen LogP contribution in [-0.2, 0) is 23.7 Å². The number of hydrogen-bond acceptors (Lipinski definition) is 9. The number of hydrogen-bond donors (Lipinski definition) is 1. The summed E-state index contributed by atoms with van der Waals surface area (Å²) in [6.45, 7) is 4.20. The summed E-state index contributed by atoms with van der Waals surface area (Å²) in [5.41, 5.74) is 6.98. The number of carbonyl (C=O) groups excluding carboxylic acids is 1. The van der Waals surface area contributed by atoms with Gasteiger partial charge >= 0.3 is 5.97 Å². The number of aromatic nitrogens is 4. The summed E-state index contributed by atoms with van der Waals surface area (Å²) < 4.78 is 25.4. The van der Waals surface area contributed by atoms with Crippen LogP contribution in [0.2, 0.25) is 0 Å². The summed E-state index contributed by atoms with van der Waals surface area (Å²) in [7, 11) is 0. The molecule has 3 aliphatic heterocycles. The maximum absolute atomic E-state index is 11.9. The van der Waals surface area contributed by atoms with Crippen LogP contribution in [0.3, 0.4) is 0 Å². The molecule has 5 rings (SSSR count). The quantitative estimate of drug-likeness (QED) is 0.775. The topological polar surface area (TPSA) is 124 Å². The Bertz CT molecular complexity index is 899. The van der Waals surface area contributed by atoms with Crippen molar-refractivity contribution in [3.05, 3.63) is 12.7 Å². The van der Waals surface area contributed by atoms with Crippen LogP contribution in [0.1, 0.15) is 32.9 Å². The van der Waals surface area contributed by atoms with E-state index in [0.29, 0.717) is 36.4 Å². The molecule has 0 saturated carbocycles. The Kier molecular flexibility index (Phi) is 3.65. The van der Waals surface area contributed by atoms with Gasteiger partial charge in [-0.15, -0.1) is 0 Å². The van der Waals surface area contributed by atoms with Gasteiger partial charge in [0, 0.05) is 0 Å². The zero-order chi connectivity index (χ0) is 18.8. The highest BCUT2D eigenvalue weighted by Crippen LogP contribution is 2.45. The first-order valence-electron chi connectivity index (χ1n) is 9.04. The van der Waals surface area contributed by atoms with Gasteiger partial charge in [0.15, 0.2) is 23.5 Å². The second-order valence-corrected chi connectivity index (χ2v) is 7.60. The van der Waals surface area contributed by atoms with Gasteiger partial charge in [0.1, 0.15) is 24.1 Å². The average Bonchev–Trinajstić information content (AvgIpc) is 3.34. The molecule has 2 aromatic rings. The molecular formula is C17H21N5O5. The number of anilines is 1. The van der Waals surface area contributed by atoms with Crippen LogP contribution in [0.5, 0.6) is 0 Å². The van der Waals surface area contributed by atoms with E-state index in [2.05, 4.69) is 15.0 Å². The number of rotatable bonds is 3. The standard InChI is InChI=1S/C17H21N5O5/c1-17(2)26-11-9(5-8-3-4-24-16(8)23)25-15(12(11)27-17)22-7-21-10-13(18)19-6-20-14(10)22/h6-9,11-12,15H,3-5H2,1-2H3,(H2,18,19,20)/t8?,9-,11-,12-,15-/m1/s1. The maximum atomic E-state index is 11.9. The fourth-order valence-electron chi connectivity index (χ4n) is 4.16. The van der Waals surface area contributed by atoms with Crippen molar-refractivity contribution in [1.29, 1.82) is 0 Å². The van der Waals surface area contributed by atoms with Crippen molar-refractivity contribution >= 4 is 23.0 Å². The third-order valence-electron chi connectivity index (χ3n) is 5.35. The zero-order valence-electron chi connectivity index (χ0n) is 15.1. The summed E-state index contributed by atoms with van der Waals surface area (Å²) >= 11 is 0. The molecular weight excluding hydrogens is 354 g/mol. The van der Waals surface area contributed by atoms with Crippen molar-refractivity contribution in [2.24, 2.45) is 5.92 Å². The van der Waals surface area contributed by atoms with E-state index in [1.807, 2.05) is 13.8 Å². The molecule has 0 amide bonds. The van der Waals surface area contributed by atoms with E-state index in [4.69, 9.17) is 24.7 Å². The molecule has 1 unspecified atom stereocenters. The van der Waals surface area contributed by atoms with E-state index < -0.39 is 12.0 Å². The summed E-state index contributed by atoms with van der Waals surface area (Å²) in [4.78, 5) is 24.5. The molecule has 5 atom stereocenters. The van der Waals surface area contributed by atoms with Gasteiger partial charge in [0.05, 0.1) is 25.0 Å². The lowest BCUT2D eigenvalue weighted by Crippen LogP contribution is -2.32. The number of nitrogens with zero attached hydrogens (tertiary/aromatic N) is 4. The van der Waals surface area contributed by atoms with Gasteiger partial charge in [0.25, 0.3) is 0 Å². The summed E-state index contributed by atoms with van der Waals surface area (Å²) in [5, 5.41) is 0. The summed E-state index contributed by atoms with van der Waals surface area (Å²) in [6, 6.07) is 0. The number of carbonyl (C=O) groups is 1. The van der Waals surface area contributed by atoms with E-state index in [9.17, 15) is 4.79 Å². The van der Waals surface area contributed by atoms with E-state index in [-0.39, 0.29) is 30.2 Å². The predicted octanol–water partition coefficient (Wildman–Crippen LogP) is 0.779. The maximum Gasteiger partial charge on any atom is 0.309 e. The molecule has 3 fully saturated rings. The van der Waals surface area contributed by atoms with Gasteiger partial charge in [-0.1, -0.05) is 0 Å². The fourth-order valence-corrected chi connectivity index (χ4v) is 4.16. The first kappa shape index (κ1) is 16.8. The monoisotopic (exact) mass is 375 g/mol. The Morgan fingerprint density at radius 3 is 2.85 bits per heavy atom. The summed E-state index contributed by atoms with van der Waals surface area (Å²) in [5.74, 6) is -0.789. The highest BCUT2D eigenvalue weighted by molar-refractivity contribution is 5.81. The van der Waals surface area contributed by atoms with Crippen LogP contribution in [0.25, 0.3) is 11.2 Å². The SMILES string of the molecule is CC1(C)O[C@@H]2[C@H](O1)[C@@H](CC1CCOC1=O)O[C@H]2n1cnc2c(N)ncnc21. The molecule has 0 aromatic carbocycles. The van der Waals surface area contributed by atoms with Crippen molar-refractivity contribution in [3.63, 3.8) is 0 Å². The number of cyclic esters (lactones) is 1. The smallest absolute Gasteiger partial charge is 0.309 e. The van der Waals surface area contributed by atoms with Gasteiger partial charge in [-0.2, -0.15) is 0 Å². The summed E-state index contributed by atoms with van der Waals surface area (Å²) in [6.07, 6.45) is 2.81.